The molecular weight excluding hydrogens is 273 g/mol. The van der Waals surface area contributed by atoms with Crippen LogP contribution in [0, 0.1) is 5.82 Å². The standard InChI is InChI=1S/C13H13ClFNO3/c1-18-6-5-16-7-8(13(17)19-2)11-10(15)4-3-9(14)12(11)16/h3-4,7H,5-6H2,1-2H3. The van der Waals surface area contributed by atoms with Crippen LogP contribution in [0.2, 0.25) is 5.02 Å². The third-order valence-corrected chi connectivity index (χ3v) is 3.17. The lowest BCUT2D eigenvalue weighted by Crippen LogP contribution is -2.03. The minimum Gasteiger partial charge on any atom is -0.465 e. The van der Waals surface area contributed by atoms with Crippen LogP contribution in [0.25, 0.3) is 10.9 Å². The fourth-order valence-electron chi connectivity index (χ4n) is 1.99. The van der Waals surface area contributed by atoms with Gasteiger partial charge in [0.2, 0.25) is 0 Å². The Kier molecular flexibility index (Phi) is 4.07. The van der Waals surface area contributed by atoms with Gasteiger partial charge in [-0.05, 0) is 12.1 Å². The van der Waals surface area contributed by atoms with Crippen LogP contribution in [0.15, 0.2) is 18.3 Å². The molecule has 0 aliphatic heterocycles. The van der Waals surface area contributed by atoms with Gasteiger partial charge in [0.25, 0.3) is 0 Å². The number of methoxy groups -OCH3 is 2. The second-order valence-electron chi connectivity index (χ2n) is 3.97. The van der Waals surface area contributed by atoms with Gasteiger partial charge in [-0.15, -0.1) is 0 Å². The van der Waals surface area contributed by atoms with Gasteiger partial charge in [0.05, 0.1) is 35.2 Å². The zero-order chi connectivity index (χ0) is 14.0. The van der Waals surface area contributed by atoms with Gasteiger partial charge < -0.3 is 14.0 Å². The molecule has 0 atom stereocenters. The van der Waals surface area contributed by atoms with Gasteiger partial charge in [-0.25, -0.2) is 9.18 Å². The lowest BCUT2D eigenvalue weighted by atomic mass is 10.1. The highest BCUT2D eigenvalue weighted by Gasteiger charge is 2.20. The van der Waals surface area contributed by atoms with Crippen molar-refractivity contribution in [3.8, 4) is 0 Å². The van der Waals surface area contributed by atoms with Crippen molar-refractivity contribution in [1.29, 1.82) is 0 Å². The Morgan fingerprint density at radius 2 is 2.16 bits per heavy atom. The third kappa shape index (κ3) is 2.43. The molecule has 0 aliphatic carbocycles. The summed E-state index contributed by atoms with van der Waals surface area (Å²) in [6, 6.07) is 2.70. The number of nitrogens with zero attached hydrogens (tertiary/aromatic N) is 1. The Morgan fingerprint density at radius 3 is 2.79 bits per heavy atom. The average molecular weight is 286 g/mol. The van der Waals surface area contributed by atoms with Crippen molar-refractivity contribution in [3.63, 3.8) is 0 Å². The number of hydrogen-bond donors (Lipinski definition) is 0. The molecule has 4 nitrogen and oxygen atoms in total. The van der Waals surface area contributed by atoms with E-state index in [0.29, 0.717) is 23.7 Å². The maximum atomic E-state index is 13.9. The number of benzene rings is 1. The first-order valence-electron chi connectivity index (χ1n) is 5.64. The monoisotopic (exact) mass is 285 g/mol. The highest BCUT2D eigenvalue weighted by Crippen LogP contribution is 2.30. The molecule has 2 aromatic rings. The first kappa shape index (κ1) is 13.8. The van der Waals surface area contributed by atoms with E-state index in [9.17, 15) is 9.18 Å². The number of ether oxygens (including phenoxy) is 2. The molecule has 0 aliphatic rings. The van der Waals surface area contributed by atoms with Gasteiger partial charge in [-0.3, -0.25) is 0 Å². The molecular formula is C13H13ClFNO3. The molecule has 0 fully saturated rings. The molecule has 102 valence electrons. The summed E-state index contributed by atoms with van der Waals surface area (Å²) in [6.45, 7) is 0.893. The van der Waals surface area contributed by atoms with Crippen LogP contribution in [-0.2, 0) is 16.0 Å². The minimum absolute atomic E-state index is 0.161. The van der Waals surface area contributed by atoms with Gasteiger partial charge in [-0.1, -0.05) is 11.6 Å². The Morgan fingerprint density at radius 1 is 1.42 bits per heavy atom. The SMILES string of the molecule is COCCn1cc(C(=O)OC)c2c(F)ccc(Cl)c21. The summed E-state index contributed by atoms with van der Waals surface area (Å²) in [7, 11) is 2.82. The van der Waals surface area contributed by atoms with E-state index in [0.717, 1.165) is 0 Å². The molecule has 6 heteroatoms. The first-order valence-corrected chi connectivity index (χ1v) is 6.02. The number of aromatic nitrogens is 1. The molecule has 1 heterocycles. The van der Waals surface area contributed by atoms with E-state index >= 15 is 0 Å². The smallest absolute Gasteiger partial charge is 0.340 e. The number of halogens is 2. The predicted octanol–water partition coefficient (Wildman–Crippen LogP) is 2.87. The number of carbonyl (C=O) groups excluding carboxylic acids is 1. The van der Waals surface area contributed by atoms with Gasteiger partial charge in [0.15, 0.2) is 0 Å². The van der Waals surface area contributed by atoms with Crippen LogP contribution in [0.4, 0.5) is 4.39 Å². The molecule has 0 spiro atoms. The Hall–Kier alpha value is -1.59. The number of esters is 1. The summed E-state index contributed by atoms with van der Waals surface area (Å²) >= 11 is 6.09. The van der Waals surface area contributed by atoms with Crippen molar-refractivity contribution in [2.75, 3.05) is 20.8 Å². The average Bonchev–Trinajstić information content (AvgIpc) is 2.80. The second kappa shape index (κ2) is 5.59. The van der Waals surface area contributed by atoms with E-state index in [4.69, 9.17) is 16.3 Å². The fourth-order valence-corrected chi connectivity index (χ4v) is 2.26. The number of fused-ring (bicyclic) bond motifs is 1. The molecule has 0 amide bonds. The number of carbonyl (C=O) groups is 1. The van der Waals surface area contributed by atoms with Gasteiger partial charge >= 0.3 is 5.97 Å². The van der Waals surface area contributed by atoms with Crippen LogP contribution in [0.5, 0.6) is 0 Å². The van der Waals surface area contributed by atoms with Crippen molar-refractivity contribution in [1.82, 2.24) is 4.57 Å². The van der Waals surface area contributed by atoms with E-state index in [-0.39, 0.29) is 10.9 Å². The van der Waals surface area contributed by atoms with E-state index in [1.54, 1.807) is 11.7 Å². The van der Waals surface area contributed by atoms with Crippen LogP contribution in [-0.4, -0.2) is 31.4 Å². The highest BCUT2D eigenvalue weighted by atomic mass is 35.5. The van der Waals surface area contributed by atoms with Crippen LogP contribution >= 0.6 is 11.6 Å². The van der Waals surface area contributed by atoms with E-state index < -0.39 is 11.8 Å². The maximum absolute atomic E-state index is 13.9. The lowest BCUT2D eigenvalue weighted by molar-refractivity contribution is 0.0602. The van der Waals surface area contributed by atoms with Crippen molar-refractivity contribution >= 4 is 28.5 Å². The second-order valence-corrected chi connectivity index (χ2v) is 4.38. The molecule has 0 saturated heterocycles. The van der Waals surface area contributed by atoms with Crippen molar-refractivity contribution < 1.29 is 18.7 Å². The number of rotatable bonds is 4. The molecule has 0 bridgehead atoms. The summed E-state index contributed by atoms with van der Waals surface area (Å²) in [6.07, 6.45) is 1.53. The number of hydrogen-bond acceptors (Lipinski definition) is 3. The lowest BCUT2D eigenvalue weighted by Gasteiger charge is -2.05. The van der Waals surface area contributed by atoms with Gasteiger partial charge in [0.1, 0.15) is 5.82 Å². The van der Waals surface area contributed by atoms with Crippen molar-refractivity contribution in [2.45, 2.75) is 6.54 Å². The summed E-state index contributed by atoms with van der Waals surface area (Å²) in [5, 5.41) is 0.554. The molecule has 1 aromatic carbocycles. The van der Waals surface area contributed by atoms with Crippen LogP contribution in [0.1, 0.15) is 10.4 Å². The fraction of sp³-hybridized carbons (Fsp3) is 0.308. The molecule has 0 unspecified atom stereocenters. The maximum Gasteiger partial charge on any atom is 0.340 e. The van der Waals surface area contributed by atoms with Crippen molar-refractivity contribution in [2.24, 2.45) is 0 Å². The van der Waals surface area contributed by atoms with E-state index in [1.165, 1.54) is 25.4 Å². The molecule has 0 radical (unpaired) electrons. The zero-order valence-electron chi connectivity index (χ0n) is 10.6. The van der Waals surface area contributed by atoms with Crippen molar-refractivity contribution in [3.05, 3.63) is 34.7 Å². The highest BCUT2D eigenvalue weighted by molar-refractivity contribution is 6.35. The third-order valence-electron chi connectivity index (χ3n) is 2.86. The molecule has 0 N–H and O–H groups in total. The normalized spacial score (nSPS) is 10.9. The summed E-state index contributed by atoms with van der Waals surface area (Å²) < 4.78 is 25.3. The van der Waals surface area contributed by atoms with Crippen LogP contribution < -0.4 is 0 Å². The topological polar surface area (TPSA) is 40.5 Å². The summed E-state index contributed by atoms with van der Waals surface area (Å²) in [5.41, 5.74) is 0.632. The summed E-state index contributed by atoms with van der Waals surface area (Å²) in [4.78, 5) is 11.7. The largest absolute Gasteiger partial charge is 0.465 e. The molecule has 0 saturated carbocycles. The molecule has 2 rings (SSSR count). The van der Waals surface area contributed by atoms with Gasteiger partial charge in [0, 0.05) is 19.9 Å². The Balaban J connectivity index is 2.69. The predicted molar refractivity (Wildman–Crippen MR) is 70.1 cm³/mol. The minimum atomic E-state index is -0.595. The molecule has 19 heavy (non-hydrogen) atoms. The van der Waals surface area contributed by atoms with E-state index in [1.807, 2.05) is 0 Å². The van der Waals surface area contributed by atoms with Crippen LogP contribution in [0.3, 0.4) is 0 Å². The van der Waals surface area contributed by atoms with Gasteiger partial charge in [-0.2, -0.15) is 0 Å². The summed E-state index contributed by atoms with van der Waals surface area (Å²) in [5.74, 6) is -1.10. The quantitative estimate of drug-likeness (QED) is 0.811. The molecule has 1 aromatic heterocycles. The Bertz CT molecular complexity index is 624. The first-order chi connectivity index (χ1) is 9.10. The zero-order valence-corrected chi connectivity index (χ0v) is 11.3. The van der Waals surface area contributed by atoms with E-state index in [2.05, 4.69) is 4.74 Å². The Labute approximate surface area is 114 Å².